The van der Waals surface area contributed by atoms with Crippen LogP contribution in [0.2, 0.25) is 0 Å². The van der Waals surface area contributed by atoms with Gasteiger partial charge in [-0.15, -0.1) is 0 Å². The van der Waals surface area contributed by atoms with Crippen molar-refractivity contribution in [1.29, 1.82) is 5.26 Å². The Bertz CT molecular complexity index is 827. The molecular formula is C19H17NO5. The lowest BCUT2D eigenvalue weighted by molar-refractivity contribution is -0.132. The van der Waals surface area contributed by atoms with Crippen LogP contribution in [0, 0.1) is 11.3 Å². The zero-order chi connectivity index (χ0) is 17.8. The third-order valence-electron chi connectivity index (χ3n) is 3.78. The SMILES string of the molecule is COc1cc([C@H]2Oc3ccccc3OC2CC#N)ccc1OC(C)=O. The van der Waals surface area contributed by atoms with Crippen molar-refractivity contribution in [3.05, 3.63) is 48.0 Å². The van der Waals surface area contributed by atoms with Gasteiger partial charge >= 0.3 is 5.97 Å². The molecule has 2 aromatic carbocycles. The van der Waals surface area contributed by atoms with Gasteiger partial charge in [0.15, 0.2) is 35.2 Å². The second-order valence-electron chi connectivity index (χ2n) is 5.51. The van der Waals surface area contributed by atoms with Gasteiger partial charge in [0.05, 0.1) is 19.6 Å². The predicted molar refractivity (Wildman–Crippen MR) is 88.8 cm³/mol. The van der Waals surface area contributed by atoms with Gasteiger partial charge in [0.25, 0.3) is 0 Å². The van der Waals surface area contributed by atoms with Gasteiger partial charge in [-0.1, -0.05) is 18.2 Å². The molecule has 0 saturated heterocycles. The van der Waals surface area contributed by atoms with Gasteiger partial charge in [-0.3, -0.25) is 4.79 Å². The summed E-state index contributed by atoms with van der Waals surface area (Å²) in [4.78, 5) is 11.2. The van der Waals surface area contributed by atoms with Crippen LogP contribution in [0.3, 0.4) is 0 Å². The van der Waals surface area contributed by atoms with Crippen LogP contribution in [0.25, 0.3) is 0 Å². The number of nitrogens with zero attached hydrogens (tertiary/aromatic N) is 1. The molecule has 25 heavy (non-hydrogen) atoms. The maximum absolute atomic E-state index is 11.2. The molecule has 6 nitrogen and oxygen atoms in total. The number of para-hydroxylation sites is 2. The number of esters is 1. The van der Waals surface area contributed by atoms with Crippen LogP contribution in [-0.2, 0) is 4.79 Å². The van der Waals surface area contributed by atoms with Gasteiger partial charge < -0.3 is 18.9 Å². The number of carbonyl (C=O) groups is 1. The summed E-state index contributed by atoms with van der Waals surface area (Å²) in [5.41, 5.74) is 0.766. The van der Waals surface area contributed by atoms with Crippen molar-refractivity contribution in [3.63, 3.8) is 0 Å². The van der Waals surface area contributed by atoms with E-state index in [2.05, 4.69) is 6.07 Å². The molecule has 0 bridgehead atoms. The average molecular weight is 339 g/mol. The number of hydrogen-bond donors (Lipinski definition) is 0. The number of hydrogen-bond acceptors (Lipinski definition) is 6. The quantitative estimate of drug-likeness (QED) is 0.627. The molecule has 6 heteroatoms. The van der Waals surface area contributed by atoms with Gasteiger partial charge in [-0.2, -0.15) is 5.26 Å². The van der Waals surface area contributed by atoms with Crippen LogP contribution >= 0.6 is 0 Å². The van der Waals surface area contributed by atoms with E-state index in [-0.39, 0.29) is 6.42 Å². The van der Waals surface area contributed by atoms with E-state index in [0.717, 1.165) is 5.56 Å². The monoisotopic (exact) mass is 339 g/mol. The molecule has 0 amide bonds. The summed E-state index contributed by atoms with van der Waals surface area (Å²) in [7, 11) is 1.49. The lowest BCUT2D eigenvalue weighted by atomic mass is 10.00. The molecule has 1 heterocycles. The normalized spacial score (nSPS) is 18.1. The minimum absolute atomic E-state index is 0.174. The van der Waals surface area contributed by atoms with E-state index in [9.17, 15) is 4.79 Å². The van der Waals surface area contributed by atoms with Crippen LogP contribution < -0.4 is 18.9 Å². The topological polar surface area (TPSA) is 77.8 Å². The number of nitriles is 1. The Morgan fingerprint density at radius 3 is 2.52 bits per heavy atom. The number of fused-ring (bicyclic) bond motifs is 1. The van der Waals surface area contributed by atoms with Gasteiger partial charge in [0, 0.05) is 12.5 Å². The minimum Gasteiger partial charge on any atom is -0.493 e. The first-order valence-electron chi connectivity index (χ1n) is 7.78. The zero-order valence-electron chi connectivity index (χ0n) is 13.9. The van der Waals surface area contributed by atoms with Gasteiger partial charge in [-0.25, -0.2) is 0 Å². The lowest BCUT2D eigenvalue weighted by Gasteiger charge is -2.33. The first kappa shape index (κ1) is 16.7. The zero-order valence-corrected chi connectivity index (χ0v) is 13.9. The van der Waals surface area contributed by atoms with E-state index in [1.807, 2.05) is 18.2 Å². The second kappa shape index (κ2) is 7.14. The fourth-order valence-electron chi connectivity index (χ4n) is 2.70. The van der Waals surface area contributed by atoms with Crippen LogP contribution in [0.15, 0.2) is 42.5 Å². The molecule has 1 unspecified atom stereocenters. The molecule has 2 atom stereocenters. The third kappa shape index (κ3) is 3.50. The van der Waals surface area contributed by atoms with Crippen LogP contribution in [-0.4, -0.2) is 19.2 Å². The largest absolute Gasteiger partial charge is 0.493 e. The maximum Gasteiger partial charge on any atom is 0.308 e. The first-order chi connectivity index (χ1) is 12.1. The fourth-order valence-corrected chi connectivity index (χ4v) is 2.70. The molecule has 0 radical (unpaired) electrons. The highest BCUT2D eigenvalue weighted by Crippen LogP contribution is 2.41. The van der Waals surface area contributed by atoms with Crippen molar-refractivity contribution in [2.75, 3.05) is 7.11 Å². The van der Waals surface area contributed by atoms with E-state index >= 15 is 0 Å². The number of carbonyl (C=O) groups excluding carboxylic acids is 1. The van der Waals surface area contributed by atoms with Crippen LogP contribution in [0.1, 0.15) is 25.0 Å². The molecule has 3 rings (SSSR count). The molecular weight excluding hydrogens is 322 g/mol. The van der Waals surface area contributed by atoms with Crippen molar-refractivity contribution in [2.45, 2.75) is 25.6 Å². The lowest BCUT2D eigenvalue weighted by Crippen LogP contribution is -2.32. The molecule has 2 aromatic rings. The van der Waals surface area contributed by atoms with Crippen molar-refractivity contribution < 1.29 is 23.7 Å². The number of methoxy groups -OCH3 is 1. The maximum atomic E-state index is 11.2. The summed E-state index contributed by atoms with van der Waals surface area (Å²) in [6, 6.07) is 14.6. The highest BCUT2D eigenvalue weighted by Gasteiger charge is 2.33. The highest BCUT2D eigenvalue weighted by molar-refractivity contribution is 5.70. The van der Waals surface area contributed by atoms with Crippen molar-refractivity contribution >= 4 is 5.97 Å². The van der Waals surface area contributed by atoms with E-state index < -0.39 is 18.2 Å². The molecule has 0 aromatic heterocycles. The van der Waals surface area contributed by atoms with E-state index in [0.29, 0.717) is 23.0 Å². The molecule has 0 N–H and O–H groups in total. The standard InChI is InChI=1S/C19H17NO5/c1-12(21)23-16-8-7-13(11-18(16)22-2)19-17(9-10-20)24-14-5-3-4-6-15(14)25-19/h3-8,11,17,19H,9H2,1-2H3/t17?,19-/m1/s1. The molecule has 0 fully saturated rings. The highest BCUT2D eigenvalue weighted by atomic mass is 16.6. The van der Waals surface area contributed by atoms with Gasteiger partial charge in [0.1, 0.15) is 0 Å². The minimum atomic E-state index is -0.477. The number of ether oxygens (including phenoxy) is 4. The second-order valence-corrected chi connectivity index (χ2v) is 5.51. The average Bonchev–Trinajstić information content (AvgIpc) is 2.61. The van der Waals surface area contributed by atoms with Crippen molar-refractivity contribution in [2.24, 2.45) is 0 Å². The Balaban J connectivity index is 1.96. The van der Waals surface area contributed by atoms with Crippen LogP contribution in [0.5, 0.6) is 23.0 Å². The van der Waals surface area contributed by atoms with Crippen molar-refractivity contribution in [3.8, 4) is 29.1 Å². The summed E-state index contributed by atoms with van der Waals surface area (Å²) in [5, 5.41) is 9.11. The molecule has 128 valence electrons. The smallest absolute Gasteiger partial charge is 0.308 e. The first-order valence-corrected chi connectivity index (χ1v) is 7.78. The number of benzene rings is 2. The summed E-state index contributed by atoms with van der Waals surface area (Å²) in [5.74, 6) is 1.53. The van der Waals surface area contributed by atoms with Crippen molar-refractivity contribution in [1.82, 2.24) is 0 Å². The molecule has 1 aliphatic heterocycles. The Morgan fingerprint density at radius 2 is 1.88 bits per heavy atom. The molecule has 0 saturated carbocycles. The Labute approximate surface area is 145 Å². The Hall–Kier alpha value is -3.20. The molecule has 0 spiro atoms. The van der Waals surface area contributed by atoms with Gasteiger partial charge in [-0.05, 0) is 24.3 Å². The Kier molecular flexibility index (Phi) is 4.75. The summed E-state index contributed by atoms with van der Waals surface area (Å²) >= 11 is 0. The summed E-state index contributed by atoms with van der Waals surface area (Å²) < 4.78 is 22.4. The molecule has 1 aliphatic rings. The predicted octanol–water partition coefficient (Wildman–Crippen LogP) is 3.42. The Morgan fingerprint density at radius 1 is 1.16 bits per heavy atom. The molecule has 0 aliphatic carbocycles. The van der Waals surface area contributed by atoms with E-state index in [4.69, 9.17) is 24.2 Å². The van der Waals surface area contributed by atoms with Gasteiger partial charge in [0.2, 0.25) is 0 Å². The summed E-state index contributed by atoms with van der Waals surface area (Å²) in [6.07, 6.45) is -0.758. The summed E-state index contributed by atoms with van der Waals surface area (Å²) in [6.45, 7) is 1.32. The van der Waals surface area contributed by atoms with E-state index in [1.165, 1.54) is 14.0 Å². The third-order valence-corrected chi connectivity index (χ3v) is 3.78. The van der Waals surface area contributed by atoms with Crippen LogP contribution in [0.4, 0.5) is 0 Å². The fraction of sp³-hybridized carbons (Fsp3) is 0.263. The number of rotatable bonds is 4. The van der Waals surface area contributed by atoms with E-state index in [1.54, 1.807) is 24.3 Å².